The van der Waals surface area contributed by atoms with Crippen LogP contribution >= 0.6 is 39.7 Å². The van der Waals surface area contributed by atoms with Crippen molar-refractivity contribution >= 4 is 62.5 Å². The largest absolute Gasteiger partial charge is 0.457 e. The van der Waals surface area contributed by atoms with E-state index in [1.807, 2.05) is 12.1 Å². The summed E-state index contributed by atoms with van der Waals surface area (Å²) in [6.45, 7) is 0. The molecule has 148 valence electrons. The lowest BCUT2D eigenvalue weighted by Gasteiger charge is -2.11. The Hall–Kier alpha value is -2.55. The summed E-state index contributed by atoms with van der Waals surface area (Å²) in [5.41, 5.74) is 0.759. The fourth-order valence-corrected chi connectivity index (χ4v) is 3.17. The summed E-state index contributed by atoms with van der Waals surface area (Å²) in [4.78, 5) is 12.0. The molecule has 29 heavy (non-hydrogen) atoms. The van der Waals surface area contributed by atoms with Crippen LogP contribution in [0, 0.1) is 11.6 Å². The summed E-state index contributed by atoms with van der Waals surface area (Å²) in [7, 11) is 0. The van der Waals surface area contributed by atoms with Gasteiger partial charge in [-0.05, 0) is 76.7 Å². The first-order valence-corrected chi connectivity index (χ1v) is 9.70. The predicted molar refractivity (Wildman–Crippen MR) is 117 cm³/mol. The van der Waals surface area contributed by atoms with Crippen molar-refractivity contribution in [2.24, 2.45) is 0 Å². The highest BCUT2D eigenvalue weighted by molar-refractivity contribution is 9.10. The maximum absolute atomic E-state index is 13.8. The standard InChI is InChI=1S/C20H12BrClF2N2O2S/c21-15-9-13(23)10-16(24)19(15)26-20(29)25-18(27)8-6-14-5-7-17(28-14)11-1-3-12(22)4-2-11/h1-10H,(H2,25,26,27,29). The minimum Gasteiger partial charge on any atom is -0.457 e. The topological polar surface area (TPSA) is 54.3 Å². The summed E-state index contributed by atoms with van der Waals surface area (Å²) >= 11 is 13.9. The number of hydrogen-bond acceptors (Lipinski definition) is 3. The Balaban J connectivity index is 1.60. The highest BCUT2D eigenvalue weighted by atomic mass is 79.9. The van der Waals surface area contributed by atoms with Crippen molar-refractivity contribution in [2.75, 3.05) is 5.32 Å². The number of furan rings is 1. The van der Waals surface area contributed by atoms with Crippen molar-refractivity contribution < 1.29 is 18.0 Å². The molecule has 4 nitrogen and oxygen atoms in total. The molecule has 0 unspecified atom stereocenters. The molecule has 0 saturated heterocycles. The van der Waals surface area contributed by atoms with Crippen molar-refractivity contribution in [1.82, 2.24) is 5.32 Å². The lowest BCUT2D eigenvalue weighted by molar-refractivity contribution is -0.115. The van der Waals surface area contributed by atoms with Crippen molar-refractivity contribution in [3.63, 3.8) is 0 Å². The Labute approximate surface area is 183 Å². The number of amides is 1. The zero-order chi connectivity index (χ0) is 21.0. The molecule has 2 aromatic carbocycles. The molecule has 0 saturated carbocycles. The Morgan fingerprint density at radius 3 is 2.55 bits per heavy atom. The summed E-state index contributed by atoms with van der Waals surface area (Å²) in [6, 6.07) is 12.4. The van der Waals surface area contributed by atoms with Gasteiger partial charge in [-0.2, -0.15) is 0 Å². The van der Waals surface area contributed by atoms with Gasteiger partial charge in [-0.25, -0.2) is 8.78 Å². The van der Waals surface area contributed by atoms with Gasteiger partial charge >= 0.3 is 0 Å². The van der Waals surface area contributed by atoms with Gasteiger partial charge in [0.1, 0.15) is 17.3 Å². The molecule has 0 aliphatic carbocycles. The van der Waals surface area contributed by atoms with E-state index in [0.29, 0.717) is 22.6 Å². The highest BCUT2D eigenvalue weighted by Gasteiger charge is 2.12. The number of hydrogen-bond donors (Lipinski definition) is 2. The van der Waals surface area contributed by atoms with Crippen LogP contribution in [0.15, 0.2) is 63.5 Å². The van der Waals surface area contributed by atoms with Crippen LogP contribution in [0.1, 0.15) is 5.76 Å². The zero-order valence-corrected chi connectivity index (χ0v) is 17.7. The molecular weight excluding hydrogens is 486 g/mol. The van der Waals surface area contributed by atoms with Gasteiger partial charge in [0.15, 0.2) is 10.9 Å². The van der Waals surface area contributed by atoms with E-state index >= 15 is 0 Å². The van der Waals surface area contributed by atoms with E-state index in [-0.39, 0.29) is 15.3 Å². The lowest BCUT2D eigenvalue weighted by Crippen LogP contribution is -2.33. The molecule has 9 heteroatoms. The second-order valence-corrected chi connectivity index (χ2v) is 7.43. The van der Waals surface area contributed by atoms with Crippen molar-refractivity contribution in [2.45, 2.75) is 0 Å². The minimum absolute atomic E-state index is 0.0840. The number of carbonyl (C=O) groups excluding carboxylic acids is 1. The molecule has 0 aliphatic heterocycles. The van der Waals surface area contributed by atoms with Gasteiger partial charge in [0.25, 0.3) is 0 Å². The van der Waals surface area contributed by atoms with E-state index in [9.17, 15) is 13.6 Å². The SMILES string of the molecule is O=C(C=Cc1ccc(-c2ccc(Cl)cc2)o1)NC(=S)Nc1c(F)cc(F)cc1Br. The number of rotatable bonds is 4. The fraction of sp³-hybridized carbons (Fsp3) is 0. The minimum atomic E-state index is -0.852. The predicted octanol–water partition coefficient (Wildman–Crippen LogP) is 6.17. The Morgan fingerprint density at radius 2 is 1.86 bits per heavy atom. The number of halogens is 4. The van der Waals surface area contributed by atoms with Crippen LogP contribution < -0.4 is 10.6 Å². The van der Waals surface area contributed by atoms with Gasteiger partial charge < -0.3 is 9.73 Å². The number of carbonyl (C=O) groups is 1. The second kappa shape index (κ2) is 9.30. The van der Waals surface area contributed by atoms with Crippen molar-refractivity contribution in [3.8, 4) is 11.3 Å². The first-order chi connectivity index (χ1) is 13.8. The van der Waals surface area contributed by atoms with Gasteiger partial charge in [0.2, 0.25) is 5.91 Å². The van der Waals surface area contributed by atoms with E-state index in [2.05, 4.69) is 26.6 Å². The van der Waals surface area contributed by atoms with Crippen LogP contribution in [-0.4, -0.2) is 11.0 Å². The molecule has 1 aromatic heterocycles. The van der Waals surface area contributed by atoms with E-state index in [0.717, 1.165) is 11.6 Å². The van der Waals surface area contributed by atoms with E-state index in [1.165, 1.54) is 12.2 Å². The van der Waals surface area contributed by atoms with E-state index < -0.39 is 17.5 Å². The summed E-state index contributed by atoms with van der Waals surface area (Å²) < 4.78 is 32.7. The third-order valence-corrected chi connectivity index (χ3v) is 4.72. The van der Waals surface area contributed by atoms with Crippen LogP contribution in [0.2, 0.25) is 5.02 Å². The van der Waals surface area contributed by atoms with Gasteiger partial charge in [0, 0.05) is 27.2 Å². The van der Waals surface area contributed by atoms with Gasteiger partial charge in [-0.3, -0.25) is 10.1 Å². The quantitative estimate of drug-likeness (QED) is 0.334. The second-order valence-electron chi connectivity index (χ2n) is 5.73. The van der Waals surface area contributed by atoms with Gasteiger partial charge in [-0.15, -0.1) is 0 Å². The van der Waals surface area contributed by atoms with Crippen LogP contribution in [0.4, 0.5) is 14.5 Å². The third-order valence-electron chi connectivity index (χ3n) is 3.64. The monoisotopic (exact) mass is 496 g/mol. The first kappa shape index (κ1) is 21.2. The maximum Gasteiger partial charge on any atom is 0.250 e. The highest BCUT2D eigenvalue weighted by Crippen LogP contribution is 2.27. The number of benzene rings is 2. The van der Waals surface area contributed by atoms with E-state index in [1.54, 1.807) is 24.3 Å². The van der Waals surface area contributed by atoms with Crippen LogP contribution in [0.25, 0.3) is 17.4 Å². The Kier molecular flexibility index (Phi) is 6.79. The molecule has 0 spiro atoms. The molecule has 1 amide bonds. The maximum atomic E-state index is 13.8. The molecule has 2 N–H and O–H groups in total. The summed E-state index contributed by atoms with van der Waals surface area (Å²) in [5, 5.41) is 5.35. The molecule has 0 bridgehead atoms. The number of anilines is 1. The third kappa shape index (κ3) is 5.72. The Morgan fingerprint density at radius 1 is 1.14 bits per heavy atom. The molecule has 0 fully saturated rings. The van der Waals surface area contributed by atoms with E-state index in [4.69, 9.17) is 28.2 Å². The summed E-state index contributed by atoms with van der Waals surface area (Å²) in [6.07, 6.45) is 2.68. The van der Waals surface area contributed by atoms with Crippen molar-refractivity contribution in [3.05, 3.63) is 81.5 Å². The fourth-order valence-electron chi connectivity index (χ4n) is 2.33. The average Bonchev–Trinajstić information content (AvgIpc) is 3.12. The molecule has 3 aromatic rings. The smallest absolute Gasteiger partial charge is 0.250 e. The molecule has 3 rings (SSSR count). The average molecular weight is 498 g/mol. The Bertz CT molecular complexity index is 1080. The first-order valence-electron chi connectivity index (χ1n) is 8.12. The lowest BCUT2D eigenvalue weighted by atomic mass is 10.2. The van der Waals surface area contributed by atoms with Gasteiger partial charge in [-0.1, -0.05) is 11.6 Å². The number of nitrogens with one attached hydrogen (secondary N) is 2. The molecule has 0 aliphatic rings. The molecular formula is C20H12BrClF2N2O2S. The zero-order valence-electron chi connectivity index (χ0n) is 14.5. The van der Waals surface area contributed by atoms with Crippen LogP contribution in [0.3, 0.4) is 0 Å². The molecule has 1 heterocycles. The number of thiocarbonyl (C=S) groups is 1. The van der Waals surface area contributed by atoms with Crippen LogP contribution in [0.5, 0.6) is 0 Å². The van der Waals surface area contributed by atoms with Gasteiger partial charge in [0.05, 0.1) is 5.69 Å². The normalized spacial score (nSPS) is 10.9. The summed E-state index contributed by atoms with van der Waals surface area (Å²) in [5.74, 6) is -1.07. The van der Waals surface area contributed by atoms with Crippen molar-refractivity contribution in [1.29, 1.82) is 0 Å². The van der Waals surface area contributed by atoms with Crippen LogP contribution in [-0.2, 0) is 4.79 Å². The molecule has 0 radical (unpaired) electrons. The molecule has 0 atom stereocenters.